The number of rotatable bonds is 3. The first kappa shape index (κ1) is 12.4. The molecule has 2 nitrogen and oxygen atoms in total. The quantitative estimate of drug-likeness (QED) is 0.866. The van der Waals surface area contributed by atoms with Crippen molar-refractivity contribution >= 4 is 0 Å². The van der Waals surface area contributed by atoms with Crippen molar-refractivity contribution in [3.05, 3.63) is 29.8 Å². The van der Waals surface area contributed by atoms with Crippen LogP contribution in [0.2, 0.25) is 0 Å². The third kappa shape index (κ3) is 2.63. The standard InChI is InChI=1S/C15H23NO/c1-15(2,13-5-4-10-16-11-13)12-6-8-14(17-3)9-7-12/h6-9,13,16H,4-5,10-11H2,1-3H3. The van der Waals surface area contributed by atoms with Crippen molar-refractivity contribution in [3.63, 3.8) is 0 Å². The Morgan fingerprint density at radius 3 is 2.47 bits per heavy atom. The normalized spacial score (nSPS) is 21.2. The number of nitrogens with one attached hydrogen (secondary N) is 1. The molecule has 1 aromatic rings. The van der Waals surface area contributed by atoms with E-state index in [-0.39, 0.29) is 5.41 Å². The van der Waals surface area contributed by atoms with Crippen LogP contribution in [0.15, 0.2) is 24.3 Å². The highest BCUT2D eigenvalue weighted by molar-refractivity contribution is 5.32. The predicted molar refractivity (Wildman–Crippen MR) is 71.6 cm³/mol. The molecule has 17 heavy (non-hydrogen) atoms. The van der Waals surface area contributed by atoms with E-state index in [0.717, 1.165) is 18.2 Å². The maximum atomic E-state index is 5.21. The van der Waals surface area contributed by atoms with E-state index >= 15 is 0 Å². The minimum Gasteiger partial charge on any atom is -0.497 e. The van der Waals surface area contributed by atoms with Crippen LogP contribution in [0.25, 0.3) is 0 Å². The molecule has 0 aromatic heterocycles. The van der Waals surface area contributed by atoms with Gasteiger partial charge in [0.1, 0.15) is 5.75 Å². The van der Waals surface area contributed by atoms with Crippen molar-refractivity contribution in [2.75, 3.05) is 20.2 Å². The third-order valence-electron chi connectivity index (χ3n) is 4.15. The fourth-order valence-corrected chi connectivity index (χ4v) is 2.72. The average molecular weight is 233 g/mol. The lowest BCUT2D eigenvalue weighted by atomic mass is 9.70. The summed E-state index contributed by atoms with van der Waals surface area (Å²) in [5, 5.41) is 3.51. The van der Waals surface area contributed by atoms with Gasteiger partial charge in [-0.25, -0.2) is 0 Å². The van der Waals surface area contributed by atoms with Gasteiger partial charge in [0.2, 0.25) is 0 Å². The monoisotopic (exact) mass is 233 g/mol. The molecular formula is C15H23NO. The van der Waals surface area contributed by atoms with Gasteiger partial charge < -0.3 is 10.1 Å². The molecule has 1 aliphatic rings. The predicted octanol–water partition coefficient (Wildman–Crippen LogP) is 2.97. The summed E-state index contributed by atoms with van der Waals surface area (Å²) in [6.07, 6.45) is 2.62. The number of hydrogen-bond donors (Lipinski definition) is 1. The molecule has 0 bridgehead atoms. The van der Waals surface area contributed by atoms with Gasteiger partial charge in [0.25, 0.3) is 0 Å². The molecular weight excluding hydrogens is 210 g/mol. The fraction of sp³-hybridized carbons (Fsp3) is 0.600. The minimum absolute atomic E-state index is 0.236. The smallest absolute Gasteiger partial charge is 0.118 e. The van der Waals surface area contributed by atoms with E-state index in [9.17, 15) is 0 Å². The van der Waals surface area contributed by atoms with Crippen LogP contribution >= 0.6 is 0 Å². The van der Waals surface area contributed by atoms with Gasteiger partial charge in [-0.1, -0.05) is 26.0 Å². The molecule has 0 amide bonds. The number of hydrogen-bond acceptors (Lipinski definition) is 2. The van der Waals surface area contributed by atoms with E-state index in [4.69, 9.17) is 4.74 Å². The lowest BCUT2D eigenvalue weighted by Gasteiger charge is -2.38. The van der Waals surface area contributed by atoms with Crippen molar-refractivity contribution in [2.24, 2.45) is 5.92 Å². The lowest BCUT2D eigenvalue weighted by Crippen LogP contribution is -2.40. The van der Waals surface area contributed by atoms with Crippen LogP contribution in [0.3, 0.4) is 0 Å². The first-order chi connectivity index (χ1) is 8.14. The van der Waals surface area contributed by atoms with Crippen LogP contribution in [-0.4, -0.2) is 20.2 Å². The largest absolute Gasteiger partial charge is 0.497 e. The topological polar surface area (TPSA) is 21.3 Å². The Hall–Kier alpha value is -1.02. The molecule has 1 heterocycles. The first-order valence-corrected chi connectivity index (χ1v) is 6.50. The number of piperidine rings is 1. The maximum Gasteiger partial charge on any atom is 0.118 e. The SMILES string of the molecule is COc1ccc(C(C)(C)C2CCCNC2)cc1. The second kappa shape index (κ2) is 5.09. The molecule has 2 rings (SSSR count). The molecule has 0 aliphatic carbocycles. The molecule has 0 saturated carbocycles. The van der Waals surface area contributed by atoms with E-state index in [0.29, 0.717) is 0 Å². The Morgan fingerprint density at radius 1 is 1.24 bits per heavy atom. The number of benzene rings is 1. The van der Waals surface area contributed by atoms with Crippen LogP contribution in [0.4, 0.5) is 0 Å². The minimum atomic E-state index is 0.236. The van der Waals surface area contributed by atoms with Gasteiger partial charge in [0, 0.05) is 0 Å². The Bertz CT molecular complexity index is 350. The number of methoxy groups -OCH3 is 1. The van der Waals surface area contributed by atoms with E-state index < -0.39 is 0 Å². The summed E-state index contributed by atoms with van der Waals surface area (Å²) < 4.78 is 5.21. The van der Waals surface area contributed by atoms with Crippen molar-refractivity contribution < 1.29 is 4.74 Å². The molecule has 1 unspecified atom stereocenters. The van der Waals surface area contributed by atoms with E-state index in [2.05, 4.69) is 43.4 Å². The highest BCUT2D eigenvalue weighted by Gasteiger charge is 2.31. The molecule has 1 aliphatic heterocycles. The molecule has 0 radical (unpaired) electrons. The fourth-order valence-electron chi connectivity index (χ4n) is 2.72. The van der Waals surface area contributed by atoms with Crippen molar-refractivity contribution in [1.82, 2.24) is 5.32 Å². The van der Waals surface area contributed by atoms with Crippen LogP contribution in [0, 0.1) is 5.92 Å². The second-order valence-corrected chi connectivity index (χ2v) is 5.49. The number of ether oxygens (including phenoxy) is 1. The molecule has 1 saturated heterocycles. The highest BCUT2D eigenvalue weighted by atomic mass is 16.5. The Kier molecular flexibility index (Phi) is 3.72. The van der Waals surface area contributed by atoms with Crippen molar-refractivity contribution in [1.29, 1.82) is 0 Å². The summed E-state index contributed by atoms with van der Waals surface area (Å²) >= 11 is 0. The zero-order valence-corrected chi connectivity index (χ0v) is 11.1. The molecule has 94 valence electrons. The van der Waals surface area contributed by atoms with Crippen LogP contribution in [0.5, 0.6) is 5.75 Å². The van der Waals surface area contributed by atoms with Gasteiger partial charge in [-0.05, 0) is 55.0 Å². The second-order valence-electron chi connectivity index (χ2n) is 5.49. The van der Waals surface area contributed by atoms with E-state index in [1.165, 1.54) is 24.9 Å². The zero-order valence-electron chi connectivity index (χ0n) is 11.1. The van der Waals surface area contributed by atoms with Crippen molar-refractivity contribution in [2.45, 2.75) is 32.1 Å². The Balaban J connectivity index is 2.17. The lowest BCUT2D eigenvalue weighted by molar-refractivity contribution is 0.251. The molecule has 1 N–H and O–H groups in total. The molecule has 2 heteroatoms. The third-order valence-corrected chi connectivity index (χ3v) is 4.15. The first-order valence-electron chi connectivity index (χ1n) is 6.50. The maximum absolute atomic E-state index is 5.21. The summed E-state index contributed by atoms with van der Waals surface area (Å²) in [6, 6.07) is 8.53. The highest BCUT2D eigenvalue weighted by Crippen LogP contribution is 2.36. The molecule has 1 fully saturated rings. The summed E-state index contributed by atoms with van der Waals surface area (Å²) in [5.41, 5.74) is 1.65. The zero-order chi connectivity index (χ0) is 12.3. The van der Waals surface area contributed by atoms with Crippen LogP contribution in [-0.2, 0) is 5.41 Å². The van der Waals surface area contributed by atoms with Gasteiger partial charge in [-0.2, -0.15) is 0 Å². The Labute approximate surface area is 104 Å². The van der Waals surface area contributed by atoms with Gasteiger partial charge >= 0.3 is 0 Å². The van der Waals surface area contributed by atoms with Gasteiger partial charge in [-0.15, -0.1) is 0 Å². The van der Waals surface area contributed by atoms with Crippen LogP contribution < -0.4 is 10.1 Å². The van der Waals surface area contributed by atoms with Gasteiger partial charge in [0.15, 0.2) is 0 Å². The van der Waals surface area contributed by atoms with Gasteiger partial charge in [0.05, 0.1) is 7.11 Å². The van der Waals surface area contributed by atoms with Gasteiger partial charge in [-0.3, -0.25) is 0 Å². The average Bonchev–Trinajstić information content (AvgIpc) is 2.40. The molecule has 1 aromatic carbocycles. The summed E-state index contributed by atoms with van der Waals surface area (Å²) in [7, 11) is 1.71. The summed E-state index contributed by atoms with van der Waals surface area (Å²) in [6.45, 7) is 7.02. The Morgan fingerprint density at radius 2 is 1.94 bits per heavy atom. The van der Waals surface area contributed by atoms with E-state index in [1.54, 1.807) is 7.11 Å². The summed E-state index contributed by atoms with van der Waals surface area (Å²) in [4.78, 5) is 0. The van der Waals surface area contributed by atoms with Crippen LogP contribution in [0.1, 0.15) is 32.3 Å². The van der Waals surface area contributed by atoms with E-state index in [1.807, 2.05) is 0 Å². The molecule has 1 atom stereocenters. The molecule has 0 spiro atoms. The van der Waals surface area contributed by atoms with Crippen molar-refractivity contribution in [3.8, 4) is 5.75 Å². The summed E-state index contributed by atoms with van der Waals surface area (Å²) in [5.74, 6) is 1.66.